The van der Waals surface area contributed by atoms with Crippen molar-refractivity contribution in [2.45, 2.75) is 51.3 Å². The van der Waals surface area contributed by atoms with Crippen LogP contribution < -0.4 is 5.73 Å². The van der Waals surface area contributed by atoms with Gasteiger partial charge in [-0.05, 0) is 45.7 Å². The number of amides is 1. The minimum atomic E-state index is -0.595. The number of hydrogen-bond acceptors (Lipinski definition) is 5. The lowest BCUT2D eigenvalue weighted by atomic mass is 10.1. The van der Waals surface area contributed by atoms with E-state index < -0.39 is 11.6 Å². The molecule has 0 spiro atoms. The molecule has 1 aliphatic rings. The second-order valence-electron chi connectivity index (χ2n) is 6.40. The first-order valence-corrected chi connectivity index (χ1v) is 7.48. The van der Waals surface area contributed by atoms with Gasteiger partial charge in [0.1, 0.15) is 11.6 Å². The van der Waals surface area contributed by atoms with Gasteiger partial charge in [0.2, 0.25) is 5.91 Å². The van der Waals surface area contributed by atoms with Crippen LogP contribution in [0.4, 0.5) is 0 Å². The Labute approximate surface area is 130 Å². The molecule has 1 fully saturated rings. The summed E-state index contributed by atoms with van der Waals surface area (Å²) in [6.07, 6.45) is 2.91. The number of carbonyl (C=O) groups excluding carboxylic acids is 2. The standard InChI is InChI=1S/C16H23N3O3/c1-16(2,3)22-15(21)13-8-7-12(19(13)14(20)10-17)11-6-4-5-9-18-11/h4-6,9,12-13H,7-8,10,17H2,1-3H3. The Kier molecular flexibility index (Phi) is 4.81. The largest absolute Gasteiger partial charge is 0.458 e. The van der Waals surface area contributed by atoms with Crippen LogP contribution in [-0.4, -0.2) is 39.9 Å². The van der Waals surface area contributed by atoms with Gasteiger partial charge in [0.15, 0.2) is 0 Å². The van der Waals surface area contributed by atoms with Crippen molar-refractivity contribution in [2.24, 2.45) is 5.73 Å². The van der Waals surface area contributed by atoms with E-state index in [1.807, 2.05) is 39.0 Å². The predicted octanol–water partition coefficient (Wildman–Crippen LogP) is 1.41. The van der Waals surface area contributed by atoms with E-state index in [2.05, 4.69) is 4.98 Å². The molecule has 2 N–H and O–H groups in total. The number of hydrogen-bond donors (Lipinski definition) is 1. The van der Waals surface area contributed by atoms with Crippen LogP contribution in [0.3, 0.4) is 0 Å². The monoisotopic (exact) mass is 305 g/mol. The third-order valence-corrected chi connectivity index (χ3v) is 3.56. The van der Waals surface area contributed by atoms with Gasteiger partial charge in [0, 0.05) is 6.20 Å². The van der Waals surface area contributed by atoms with Crippen molar-refractivity contribution in [3.05, 3.63) is 30.1 Å². The van der Waals surface area contributed by atoms with Gasteiger partial charge in [-0.15, -0.1) is 0 Å². The highest BCUT2D eigenvalue weighted by atomic mass is 16.6. The SMILES string of the molecule is CC(C)(C)OC(=O)C1CCC(c2ccccn2)N1C(=O)CN. The van der Waals surface area contributed by atoms with Gasteiger partial charge in [0.05, 0.1) is 18.3 Å². The third-order valence-electron chi connectivity index (χ3n) is 3.56. The second-order valence-corrected chi connectivity index (χ2v) is 6.40. The molecule has 1 aliphatic heterocycles. The Hall–Kier alpha value is -1.95. The normalized spacial score (nSPS) is 21.7. The van der Waals surface area contributed by atoms with Crippen molar-refractivity contribution in [1.82, 2.24) is 9.88 Å². The van der Waals surface area contributed by atoms with Crippen molar-refractivity contribution < 1.29 is 14.3 Å². The quantitative estimate of drug-likeness (QED) is 0.853. The molecule has 0 bridgehead atoms. The minimum absolute atomic E-state index is 0.136. The van der Waals surface area contributed by atoms with E-state index in [0.717, 1.165) is 5.69 Å². The first-order valence-electron chi connectivity index (χ1n) is 7.48. The summed E-state index contributed by atoms with van der Waals surface area (Å²) in [5.41, 5.74) is 5.71. The molecule has 0 radical (unpaired) electrons. The number of pyridine rings is 1. The third kappa shape index (κ3) is 3.62. The number of rotatable bonds is 3. The van der Waals surface area contributed by atoms with Gasteiger partial charge in [-0.2, -0.15) is 0 Å². The van der Waals surface area contributed by atoms with Crippen molar-refractivity contribution in [3.8, 4) is 0 Å². The fourth-order valence-corrected chi connectivity index (χ4v) is 2.73. The first kappa shape index (κ1) is 16.4. The van der Waals surface area contributed by atoms with E-state index in [-0.39, 0.29) is 24.5 Å². The number of likely N-dealkylation sites (tertiary alicyclic amines) is 1. The summed E-state index contributed by atoms with van der Waals surface area (Å²) in [5.74, 6) is -0.642. The number of ether oxygens (including phenoxy) is 1. The highest BCUT2D eigenvalue weighted by Crippen LogP contribution is 2.36. The summed E-state index contributed by atoms with van der Waals surface area (Å²) in [5, 5.41) is 0. The zero-order valence-corrected chi connectivity index (χ0v) is 13.3. The average molecular weight is 305 g/mol. The Morgan fingerprint density at radius 1 is 1.36 bits per heavy atom. The van der Waals surface area contributed by atoms with E-state index in [0.29, 0.717) is 12.8 Å². The second kappa shape index (κ2) is 6.44. The molecular weight excluding hydrogens is 282 g/mol. The van der Waals surface area contributed by atoms with Crippen LogP contribution in [0, 0.1) is 0 Å². The average Bonchev–Trinajstić information content (AvgIpc) is 2.90. The summed E-state index contributed by atoms with van der Waals surface area (Å²) < 4.78 is 5.44. The van der Waals surface area contributed by atoms with Crippen molar-refractivity contribution in [1.29, 1.82) is 0 Å². The molecule has 0 saturated carbocycles. The Morgan fingerprint density at radius 3 is 2.64 bits per heavy atom. The maximum Gasteiger partial charge on any atom is 0.329 e. The molecule has 0 aliphatic carbocycles. The van der Waals surface area contributed by atoms with Crippen molar-refractivity contribution in [3.63, 3.8) is 0 Å². The molecule has 1 aromatic rings. The number of carbonyl (C=O) groups is 2. The van der Waals surface area contributed by atoms with E-state index >= 15 is 0 Å². The fraction of sp³-hybridized carbons (Fsp3) is 0.562. The number of nitrogens with zero attached hydrogens (tertiary/aromatic N) is 2. The highest BCUT2D eigenvalue weighted by Gasteiger charge is 2.43. The molecule has 2 unspecified atom stereocenters. The molecule has 22 heavy (non-hydrogen) atoms. The summed E-state index contributed by atoms with van der Waals surface area (Å²) in [6.45, 7) is 5.30. The van der Waals surface area contributed by atoms with Crippen LogP contribution in [0.5, 0.6) is 0 Å². The van der Waals surface area contributed by atoms with Gasteiger partial charge in [-0.1, -0.05) is 6.07 Å². The molecule has 2 rings (SSSR count). The van der Waals surface area contributed by atoms with Crippen LogP contribution in [0.2, 0.25) is 0 Å². The lowest BCUT2D eigenvalue weighted by molar-refractivity contribution is -0.164. The fourth-order valence-electron chi connectivity index (χ4n) is 2.73. The minimum Gasteiger partial charge on any atom is -0.458 e. The molecule has 2 heterocycles. The Morgan fingerprint density at radius 2 is 2.09 bits per heavy atom. The van der Waals surface area contributed by atoms with Crippen LogP contribution in [0.1, 0.15) is 45.3 Å². The summed E-state index contributed by atoms with van der Waals surface area (Å²) in [7, 11) is 0. The van der Waals surface area contributed by atoms with Gasteiger partial charge < -0.3 is 15.4 Å². The van der Waals surface area contributed by atoms with Gasteiger partial charge >= 0.3 is 5.97 Å². The first-order chi connectivity index (χ1) is 10.3. The zero-order chi connectivity index (χ0) is 16.3. The van der Waals surface area contributed by atoms with E-state index in [1.165, 1.54) is 4.90 Å². The summed E-state index contributed by atoms with van der Waals surface area (Å²) in [4.78, 5) is 30.5. The van der Waals surface area contributed by atoms with E-state index in [1.54, 1.807) is 6.20 Å². The predicted molar refractivity (Wildman–Crippen MR) is 81.7 cm³/mol. The topological polar surface area (TPSA) is 85.5 Å². The molecule has 120 valence electrons. The van der Waals surface area contributed by atoms with Crippen LogP contribution >= 0.6 is 0 Å². The Balaban J connectivity index is 2.25. The molecule has 1 saturated heterocycles. The van der Waals surface area contributed by atoms with Crippen LogP contribution in [-0.2, 0) is 14.3 Å². The molecule has 1 aromatic heterocycles. The van der Waals surface area contributed by atoms with Crippen LogP contribution in [0.15, 0.2) is 24.4 Å². The smallest absolute Gasteiger partial charge is 0.329 e. The summed E-state index contributed by atoms with van der Waals surface area (Å²) >= 11 is 0. The zero-order valence-electron chi connectivity index (χ0n) is 13.3. The molecular formula is C16H23N3O3. The molecule has 0 aromatic carbocycles. The molecule has 6 heteroatoms. The van der Waals surface area contributed by atoms with Gasteiger partial charge in [0.25, 0.3) is 0 Å². The van der Waals surface area contributed by atoms with Gasteiger partial charge in [-0.25, -0.2) is 4.79 Å². The van der Waals surface area contributed by atoms with Crippen molar-refractivity contribution >= 4 is 11.9 Å². The molecule has 2 atom stereocenters. The maximum atomic E-state index is 12.4. The van der Waals surface area contributed by atoms with E-state index in [4.69, 9.17) is 10.5 Å². The maximum absolute atomic E-state index is 12.4. The van der Waals surface area contributed by atoms with Crippen molar-refractivity contribution in [2.75, 3.05) is 6.54 Å². The lowest BCUT2D eigenvalue weighted by Gasteiger charge is -2.30. The summed E-state index contributed by atoms with van der Waals surface area (Å²) in [6, 6.07) is 4.73. The lowest BCUT2D eigenvalue weighted by Crippen LogP contribution is -2.46. The molecule has 6 nitrogen and oxygen atoms in total. The Bertz CT molecular complexity index is 539. The number of esters is 1. The van der Waals surface area contributed by atoms with Gasteiger partial charge in [-0.3, -0.25) is 9.78 Å². The van der Waals surface area contributed by atoms with E-state index in [9.17, 15) is 9.59 Å². The number of nitrogens with two attached hydrogens (primary N) is 1. The number of aromatic nitrogens is 1. The molecule has 1 amide bonds. The highest BCUT2D eigenvalue weighted by molar-refractivity contribution is 5.86. The van der Waals surface area contributed by atoms with Crippen LogP contribution in [0.25, 0.3) is 0 Å².